The Hall–Kier alpha value is -2.87. The number of nitrogens with zero attached hydrogens (tertiary/aromatic N) is 2. The van der Waals surface area contributed by atoms with E-state index in [0.29, 0.717) is 16.8 Å². The molecule has 2 aromatic carbocycles. The third-order valence-corrected chi connectivity index (χ3v) is 5.91. The van der Waals surface area contributed by atoms with Crippen molar-refractivity contribution in [3.05, 3.63) is 59.4 Å². The van der Waals surface area contributed by atoms with Crippen LogP contribution in [0.15, 0.2) is 42.5 Å². The maximum absolute atomic E-state index is 14.5. The lowest BCUT2D eigenvalue weighted by Gasteiger charge is -2.22. The first-order valence-electron chi connectivity index (χ1n) is 9.44. The van der Waals surface area contributed by atoms with E-state index in [1.807, 2.05) is 6.07 Å². The van der Waals surface area contributed by atoms with Gasteiger partial charge >= 0.3 is 0 Å². The molecule has 4 rings (SSSR count). The van der Waals surface area contributed by atoms with E-state index in [2.05, 4.69) is 10.2 Å². The third-order valence-electron chi connectivity index (χ3n) is 5.05. The second kappa shape index (κ2) is 8.24. The molecule has 0 aliphatic carbocycles. The van der Waals surface area contributed by atoms with Crippen LogP contribution in [0.4, 0.5) is 20.6 Å². The molecule has 29 heavy (non-hydrogen) atoms. The van der Waals surface area contributed by atoms with Crippen LogP contribution >= 0.6 is 11.8 Å². The van der Waals surface area contributed by atoms with Gasteiger partial charge in [-0.15, -0.1) is 0 Å². The van der Waals surface area contributed by atoms with E-state index in [4.69, 9.17) is 0 Å². The first-order chi connectivity index (χ1) is 14.0. The number of halogens is 1. The van der Waals surface area contributed by atoms with Gasteiger partial charge in [-0.05, 0) is 42.7 Å². The molecule has 0 radical (unpaired) electrons. The Labute approximate surface area is 172 Å². The molecule has 2 aliphatic heterocycles. The Bertz CT molecular complexity index is 959. The fourth-order valence-electron chi connectivity index (χ4n) is 3.57. The summed E-state index contributed by atoms with van der Waals surface area (Å²) in [5, 5.41) is 2.42. The second-order valence-electron chi connectivity index (χ2n) is 7.02. The number of nitrogens with one attached hydrogen (secondary N) is 1. The number of amides is 3. The molecule has 0 bridgehead atoms. The molecule has 150 valence electrons. The monoisotopic (exact) mass is 413 g/mol. The molecular weight excluding hydrogens is 393 g/mol. The quantitative estimate of drug-likeness (QED) is 0.806. The Morgan fingerprint density at radius 2 is 1.86 bits per heavy atom. The molecule has 1 N–H and O–H groups in total. The van der Waals surface area contributed by atoms with Gasteiger partial charge in [0.25, 0.3) is 11.1 Å². The molecule has 3 amide bonds. The Morgan fingerprint density at radius 1 is 1.10 bits per heavy atom. The predicted octanol–water partition coefficient (Wildman–Crippen LogP) is 3.87. The van der Waals surface area contributed by atoms with Crippen molar-refractivity contribution in [1.29, 1.82) is 0 Å². The average molecular weight is 413 g/mol. The van der Waals surface area contributed by atoms with Crippen molar-refractivity contribution in [2.45, 2.75) is 19.4 Å². The van der Waals surface area contributed by atoms with Crippen molar-refractivity contribution in [1.82, 2.24) is 4.90 Å². The highest BCUT2D eigenvalue weighted by Gasteiger charge is 2.30. The zero-order chi connectivity index (χ0) is 20.4. The number of rotatable bonds is 5. The molecular formula is C21H20FN3O3S. The van der Waals surface area contributed by atoms with E-state index in [9.17, 15) is 18.8 Å². The van der Waals surface area contributed by atoms with Gasteiger partial charge in [0.1, 0.15) is 11.5 Å². The topological polar surface area (TPSA) is 69.7 Å². The van der Waals surface area contributed by atoms with Crippen LogP contribution in [-0.2, 0) is 11.3 Å². The molecule has 2 saturated heterocycles. The Morgan fingerprint density at radius 3 is 2.59 bits per heavy atom. The smallest absolute Gasteiger partial charge is 0.289 e. The van der Waals surface area contributed by atoms with Crippen molar-refractivity contribution < 1.29 is 18.8 Å². The summed E-state index contributed by atoms with van der Waals surface area (Å²) in [4.78, 5) is 39.6. The van der Waals surface area contributed by atoms with Crippen LogP contribution in [0.25, 0.3) is 0 Å². The lowest BCUT2D eigenvalue weighted by atomic mass is 10.1. The van der Waals surface area contributed by atoms with Gasteiger partial charge in [0.05, 0.1) is 18.0 Å². The number of anilines is 2. The van der Waals surface area contributed by atoms with Gasteiger partial charge in [0.2, 0.25) is 5.91 Å². The van der Waals surface area contributed by atoms with Crippen LogP contribution in [0, 0.1) is 5.82 Å². The average Bonchev–Trinajstić information content (AvgIpc) is 3.36. The minimum atomic E-state index is -0.482. The van der Waals surface area contributed by atoms with E-state index in [0.717, 1.165) is 37.7 Å². The molecule has 2 heterocycles. The summed E-state index contributed by atoms with van der Waals surface area (Å²) in [5.74, 6) is -1.02. The van der Waals surface area contributed by atoms with Gasteiger partial charge in [-0.3, -0.25) is 19.3 Å². The van der Waals surface area contributed by atoms with Crippen molar-refractivity contribution in [3.8, 4) is 0 Å². The van der Waals surface area contributed by atoms with Gasteiger partial charge in [-0.1, -0.05) is 30.0 Å². The minimum Gasteiger partial charge on any atom is -0.370 e. The molecule has 2 fully saturated rings. The highest BCUT2D eigenvalue weighted by Crippen LogP contribution is 2.31. The number of hydrogen-bond acceptors (Lipinski definition) is 5. The van der Waals surface area contributed by atoms with E-state index in [-0.39, 0.29) is 29.1 Å². The van der Waals surface area contributed by atoms with Crippen LogP contribution in [0.5, 0.6) is 0 Å². The van der Waals surface area contributed by atoms with E-state index in [1.165, 1.54) is 11.0 Å². The number of para-hydroxylation sites is 1. The molecule has 0 saturated carbocycles. The Balaban J connectivity index is 1.54. The second-order valence-corrected chi connectivity index (χ2v) is 7.94. The summed E-state index contributed by atoms with van der Waals surface area (Å²) in [6, 6.07) is 11.5. The predicted molar refractivity (Wildman–Crippen MR) is 111 cm³/mol. The zero-order valence-electron chi connectivity index (χ0n) is 15.7. The van der Waals surface area contributed by atoms with Gasteiger partial charge < -0.3 is 10.2 Å². The van der Waals surface area contributed by atoms with Gasteiger partial charge in [-0.25, -0.2) is 4.39 Å². The summed E-state index contributed by atoms with van der Waals surface area (Å²) in [7, 11) is 0. The number of hydrogen-bond donors (Lipinski definition) is 1. The van der Waals surface area contributed by atoms with Crippen LogP contribution in [0.3, 0.4) is 0 Å². The molecule has 8 heteroatoms. The summed E-state index contributed by atoms with van der Waals surface area (Å²) < 4.78 is 14.5. The number of carbonyl (C=O) groups excluding carboxylic acids is 3. The third kappa shape index (κ3) is 4.12. The normalized spacial score (nSPS) is 16.6. The highest BCUT2D eigenvalue weighted by molar-refractivity contribution is 8.14. The lowest BCUT2D eigenvalue weighted by molar-refractivity contribution is -0.125. The zero-order valence-corrected chi connectivity index (χ0v) is 16.5. The maximum Gasteiger partial charge on any atom is 0.289 e. The van der Waals surface area contributed by atoms with Crippen molar-refractivity contribution >= 4 is 40.2 Å². The number of thioether (sulfide) groups is 1. The fraction of sp³-hybridized carbons (Fsp3) is 0.286. The summed E-state index contributed by atoms with van der Waals surface area (Å²) >= 11 is 0.972. The lowest BCUT2D eigenvalue weighted by Crippen LogP contribution is -2.28. The largest absolute Gasteiger partial charge is 0.370 e. The van der Waals surface area contributed by atoms with Crippen LogP contribution in [0.2, 0.25) is 0 Å². The summed E-state index contributed by atoms with van der Waals surface area (Å²) in [5.41, 5.74) is 1.85. The minimum absolute atomic E-state index is 0.116. The van der Waals surface area contributed by atoms with Crippen LogP contribution in [0.1, 0.15) is 28.8 Å². The molecule has 2 aliphatic rings. The van der Waals surface area contributed by atoms with Crippen molar-refractivity contribution in [2.75, 3.05) is 29.1 Å². The van der Waals surface area contributed by atoms with Gasteiger partial charge in [-0.2, -0.15) is 0 Å². The molecule has 0 spiro atoms. The first kappa shape index (κ1) is 19.4. The molecule has 0 atom stereocenters. The number of carbonyl (C=O) groups is 3. The Kier molecular flexibility index (Phi) is 5.53. The van der Waals surface area contributed by atoms with E-state index in [1.54, 1.807) is 30.3 Å². The maximum atomic E-state index is 14.5. The summed E-state index contributed by atoms with van der Waals surface area (Å²) in [6.45, 7) is 1.78. The van der Waals surface area contributed by atoms with Crippen LogP contribution < -0.4 is 10.2 Å². The van der Waals surface area contributed by atoms with Crippen molar-refractivity contribution in [2.24, 2.45) is 0 Å². The first-order valence-corrected chi connectivity index (χ1v) is 10.4. The van der Waals surface area contributed by atoms with Gasteiger partial charge in [0, 0.05) is 18.7 Å². The van der Waals surface area contributed by atoms with Crippen LogP contribution in [-0.4, -0.2) is 40.8 Å². The van der Waals surface area contributed by atoms with Gasteiger partial charge in [0.15, 0.2) is 0 Å². The molecule has 6 nitrogen and oxygen atoms in total. The number of benzene rings is 2. The summed E-state index contributed by atoms with van der Waals surface area (Å²) in [6.07, 6.45) is 2.08. The SMILES string of the molecule is O=C(Nc1c(F)cccc1N1CCCC1)c1cccc(CN2C(=O)CSC2=O)c1. The standard InChI is InChI=1S/C21H20FN3O3S/c22-16-7-4-8-17(24-9-1-2-10-24)19(16)23-20(27)15-6-3-5-14(11-15)12-25-18(26)13-29-21(25)28/h3-8,11H,1-2,9-10,12-13H2,(H,23,27). The number of imide groups is 1. The molecule has 0 unspecified atom stereocenters. The van der Waals surface area contributed by atoms with E-state index >= 15 is 0 Å². The molecule has 0 aromatic heterocycles. The highest BCUT2D eigenvalue weighted by atomic mass is 32.2. The van der Waals surface area contributed by atoms with Crippen molar-refractivity contribution in [3.63, 3.8) is 0 Å². The fourth-order valence-corrected chi connectivity index (χ4v) is 4.30. The van der Waals surface area contributed by atoms with E-state index < -0.39 is 11.7 Å². The molecule has 2 aromatic rings.